The Hall–Kier alpha value is -2.22. The molecule has 8 heteroatoms. The number of rotatable bonds is 3. The molecule has 0 atom stereocenters. The lowest BCUT2D eigenvalue weighted by atomic mass is 10.5. The summed E-state index contributed by atoms with van der Waals surface area (Å²) in [6, 6.07) is 1.71. The van der Waals surface area contributed by atoms with Crippen molar-refractivity contribution >= 4 is 22.8 Å². The molecular weight excluding hydrogens is 252 g/mol. The van der Waals surface area contributed by atoms with Crippen molar-refractivity contribution in [1.82, 2.24) is 24.6 Å². The van der Waals surface area contributed by atoms with E-state index in [-0.39, 0.29) is 5.69 Å². The van der Waals surface area contributed by atoms with Crippen LogP contribution in [0.5, 0.6) is 0 Å². The summed E-state index contributed by atoms with van der Waals surface area (Å²) < 4.78 is 1.35. The summed E-state index contributed by atoms with van der Waals surface area (Å²) in [4.78, 5) is 19.7. The summed E-state index contributed by atoms with van der Waals surface area (Å²) in [6.07, 6.45) is 1.44. The first-order chi connectivity index (χ1) is 8.72. The first-order valence-corrected chi connectivity index (χ1v) is 6.18. The Morgan fingerprint density at radius 2 is 2.44 bits per heavy atom. The molecule has 7 nitrogen and oxygen atoms in total. The normalized spacial score (nSPS) is 10.9. The summed E-state index contributed by atoms with van der Waals surface area (Å²) in [7, 11) is 0. The van der Waals surface area contributed by atoms with Crippen LogP contribution in [0.25, 0.3) is 5.65 Å². The van der Waals surface area contributed by atoms with E-state index >= 15 is 0 Å². The van der Waals surface area contributed by atoms with Crippen molar-refractivity contribution in [3.63, 3.8) is 0 Å². The van der Waals surface area contributed by atoms with Gasteiger partial charge in [0.1, 0.15) is 17.2 Å². The second kappa shape index (κ2) is 4.22. The lowest BCUT2D eigenvalue weighted by molar-refractivity contribution is 0.987. The molecule has 0 bridgehead atoms. The quantitative estimate of drug-likeness (QED) is 0.728. The molecule has 0 aliphatic heterocycles. The highest BCUT2D eigenvalue weighted by molar-refractivity contribution is 7.09. The van der Waals surface area contributed by atoms with Gasteiger partial charge in [0.15, 0.2) is 5.65 Å². The first kappa shape index (κ1) is 10.9. The van der Waals surface area contributed by atoms with E-state index in [1.807, 2.05) is 12.3 Å². The van der Waals surface area contributed by atoms with Crippen molar-refractivity contribution in [3.8, 4) is 0 Å². The summed E-state index contributed by atoms with van der Waals surface area (Å²) in [5.74, 6) is 0.661. The van der Waals surface area contributed by atoms with Crippen LogP contribution in [0, 0.1) is 6.92 Å². The van der Waals surface area contributed by atoms with E-state index in [1.165, 1.54) is 10.7 Å². The van der Waals surface area contributed by atoms with Crippen LogP contribution in [0.4, 0.5) is 5.82 Å². The van der Waals surface area contributed by atoms with E-state index in [0.29, 0.717) is 18.0 Å². The second-order valence-electron chi connectivity index (χ2n) is 3.77. The van der Waals surface area contributed by atoms with Crippen LogP contribution < -0.4 is 11.0 Å². The highest BCUT2D eigenvalue weighted by Crippen LogP contribution is 2.11. The number of aromatic amines is 1. The van der Waals surface area contributed by atoms with Crippen LogP contribution in [0.1, 0.15) is 10.7 Å². The Bertz CT molecular complexity index is 742. The molecular formula is C10H10N6OS. The van der Waals surface area contributed by atoms with Crippen molar-refractivity contribution < 1.29 is 0 Å². The number of H-pyrrole nitrogens is 1. The molecule has 0 saturated heterocycles. The summed E-state index contributed by atoms with van der Waals surface area (Å²) >= 11 is 1.60. The zero-order valence-electron chi connectivity index (χ0n) is 9.54. The molecule has 0 aliphatic carbocycles. The molecule has 3 rings (SSSR count). The zero-order chi connectivity index (χ0) is 12.5. The van der Waals surface area contributed by atoms with Gasteiger partial charge in [0.05, 0.1) is 6.54 Å². The van der Waals surface area contributed by atoms with E-state index in [1.54, 1.807) is 17.4 Å². The number of hydrogen-bond donors (Lipinski definition) is 2. The van der Waals surface area contributed by atoms with Gasteiger partial charge >= 0.3 is 5.69 Å². The van der Waals surface area contributed by atoms with Gasteiger partial charge in [0.2, 0.25) is 0 Å². The summed E-state index contributed by atoms with van der Waals surface area (Å²) in [6.45, 7) is 2.57. The zero-order valence-corrected chi connectivity index (χ0v) is 10.4. The van der Waals surface area contributed by atoms with Gasteiger partial charge in [-0.15, -0.1) is 11.3 Å². The van der Waals surface area contributed by atoms with E-state index in [9.17, 15) is 4.79 Å². The minimum absolute atomic E-state index is 0.292. The Morgan fingerprint density at radius 1 is 1.56 bits per heavy atom. The number of thiazole rings is 1. The topological polar surface area (TPSA) is 88.0 Å². The third kappa shape index (κ3) is 1.97. The molecule has 0 radical (unpaired) electrons. The summed E-state index contributed by atoms with van der Waals surface area (Å²) in [5, 5.41) is 12.4. The average molecular weight is 262 g/mol. The molecule has 3 aromatic rings. The van der Waals surface area contributed by atoms with Crippen molar-refractivity contribution in [3.05, 3.63) is 39.0 Å². The van der Waals surface area contributed by atoms with Gasteiger partial charge in [-0.3, -0.25) is 0 Å². The molecule has 0 aliphatic rings. The van der Waals surface area contributed by atoms with E-state index in [4.69, 9.17) is 0 Å². The van der Waals surface area contributed by atoms with Crippen molar-refractivity contribution in [2.24, 2.45) is 0 Å². The fourth-order valence-corrected chi connectivity index (χ4v) is 2.27. The Morgan fingerprint density at radius 3 is 3.22 bits per heavy atom. The maximum atomic E-state index is 11.2. The van der Waals surface area contributed by atoms with Crippen LogP contribution in [0.2, 0.25) is 0 Å². The minimum atomic E-state index is -0.292. The predicted molar refractivity (Wildman–Crippen MR) is 67.8 cm³/mol. The molecule has 0 amide bonds. The molecule has 3 heterocycles. The molecule has 0 spiro atoms. The van der Waals surface area contributed by atoms with Crippen LogP contribution in [0.3, 0.4) is 0 Å². The third-order valence-corrected chi connectivity index (χ3v) is 3.36. The predicted octanol–water partition coefficient (Wildman–Crippen LogP) is 0.795. The van der Waals surface area contributed by atoms with Crippen LogP contribution in [0.15, 0.2) is 22.6 Å². The van der Waals surface area contributed by atoms with Gasteiger partial charge in [0, 0.05) is 17.1 Å². The largest absolute Gasteiger partial charge is 0.363 e. The highest BCUT2D eigenvalue weighted by atomic mass is 32.1. The van der Waals surface area contributed by atoms with E-state index in [0.717, 1.165) is 10.7 Å². The van der Waals surface area contributed by atoms with Crippen molar-refractivity contribution in [2.75, 3.05) is 5.32 Å². The van der Waals surface area contributed by atoms with Crippen molar-refractivity contribution in [2.45, 2.75) is 13.5 Å². The first-order valence-electron chi connectivity index (χ1n) is 5.30. The number of hydrogen-bond acceptors (Lipinski definition) is 6. The smallest absolute Gasteiger partial charge is 0.348 e. The molecule has 92 valence electrons. The molecule has 0 saturated carbocycles. The Kier molecular flexibility index (Phi) is 2.56. The molecule has 3 aromatic heterocycles. The van der Waals surface area contributed by atoms with Crippen LogP contribution in [-0.2, 0) is 6.54 Å². The average Bonchev–Trinajstić information content (AvgIpc) is 2.94. The van der Waals surface area contributed by atoms with Crippen molar-refractivity contribution in [1.29, 1.82) is 0 Å². The number of nitrogens with zero attached hydrogens (tertiary/aromatic N) is 4. The number of fused-ring (bicyclic) bond motifs is 1. The molecule has 0 fully saturated rings. The molecule has 0 unspecified atom stereocenters. The fourth-order valence-electron chi connectivity index (χ4n) is 1.56. The number of anilines is 1. The minimum Gasteiger partial charge on any atom is -0.363 e. The van der Waals surface area contributed by atoms with Gasteiger partial charge in [0.25, 0.3) is 0 Å². The van der Waals surface area contributed by atoms with E-state index < -0.39 is 0 Å². The van der Waals surface area contributed by atoms with Gasteiger partial charge in [-0.25, -0.2) is 24.3 Å². The van der Waals surface area contributed by atoms with Gasteiger partial charge in [-0.2, -0.15) is 5.10 Å². The van der Waals surface area contributed by atoms with E-state index in [2.05, 4.69) is 25.5 Å². The van der Waals surface area contributed by atoms with Gasteiger partial charge in [-0.05, 0) is 6.92 Å². The molecule has 18 heavy (non-hydrogen) atoms. The number of nitrogens with one attached hydrogen (secondary N) is 2. The third-order valence-electron chi connectivity index (χ3n) is 2.40. The maximum absolute atomic E-state index is 11.2. The Labute approximate surface area is 106 Å². The lowest BCUT2D eigenvalue weighted by Gasteiger charge is -2.02. The van der Waals surface area contributed by atoms with Crippen LogP contribution in [-0.4, -0.2) is 24.6 Å². The summed E-state index contributed by atoms with van der Waals surface area (Å²) in [5.41, 5.74) is 1.26. The second-order valence-corrected chi connectivity index (χ2v) is 4.71. The SMILES string of the molecule is Cc1csc(CNc2cc3n[nH]c(=O)n3cn2)n1. The lowest BCUT2D eigenvalue weighted by Crippen LogP contribution is -2.10. The number of aryl methyl sites for hydroxylation is 1. The standard InChI is InChI=1S/C10H10N6OS/c1-6-4-18-9(13-6)3-11-7-2-8-14-15-10(17)16(8)5-12-7/h2,4-5,11H,3H2,1H3,(H,15,17). The Balaban J connectivity index is 1.80. The molecule has 0 aromatic carbocycles. The van der Waals surface area contributed by atoms with Gasteiger partial charge in [-0.1, -0.05) is 0 Å². The van der Waals surface area contributed by atoms with Crippen LogP contribution >= 0.6 is 11.3 Å². The monoisotopic (exact) mass is 262 g/mol. The highest BCUT2D eigenvalue weighted by Gasteiger charge is 2.03. The number of aromatic nitrogens is 5. The fraction of sp³-hybridized carbons (Fsp3) is 0.200. The molecule has 2 N–H and O–H groups in total. The maximum Gasteiger partial charge on any atom is 0.348 e. The van der Waals surface area contributed by atoms with Gasteiger partial charge < -0.3 is 5.32 Å².